The molecule has 0 radical (unpaired) electrons. The molecular weight excluding hydrogens is 292 g/mol. The Hall–Kier alpha value is -3.43. The molecule has 0 bridgehead atoms. The van der Waals surface area contributed by atoms with Crippen molar-refractivity contribution in [2.75, 3.05) is 17.8 Å². The lowest BCUT2D eigenvalue weighted by Crippen LogP contribution is -2.34. The molecule has 0 spiro atoms. The fourth-order valence-electron chi connectivity index (χ4n) is 1.49. The molecule has 0 saturated heterocycles. The Morgan fingerprint density at radius 1 is 1.32 bits per heavy atom. The molecule has 10 nitrogen and oxygen atoms in total. The smallest absolute Gasteiger partial charge is 0.354 e. The second-order valence-corrected chi connectivity index (χ2v) is 3.99. The molecule has 22 heavy (non-hydrogen) atoms. The van der Waals surface area contributed by atoms with E-state index in [2.05, 4.69) is 20.8 Å². The summed E-state index contributed by atoms with van der Waals surface area (Å²) in [4.78, 5) is 28.9. The Morgan fingerprint density at radius 3 is 2.73 bits per heavy atom. The van der Waals surface area contributed by atoms with E-state index in [9.17, 15) is 14.9 Å². The van der Waals surface area contributed by atoms with Crippen molar-refractivity contribution >= 4 is 23.2 Å². The molecule has 4 N–H and O–H groups in total. The third kappa shape index (κ3) is 3.79. The van der Waals surface area contributed by atoms with Crippen molar-refractivity contribution in [1.29, 1.82) is 0 Å². The summed E-state index contributed by atoms with van der Waals surface area (Å²) in [5.74, 6) is -0.548. The average molecular weight is 304 g/mol. The van der Waals surface area contributed by atoms with Crippen LogP contribution in [0.15, 0.2) is 36.7 Å². The molecule has 114 valence electrons. The number of nitrogens with one attached hydrogen (secondary N) is 2. The molecule has 0 aliphatic rings. The third-order valence-corrected chi connectivity index (χ3v) is 2.47. The number of rotatable bonds is 6. The molecule has 10 heteroatoms. The Bertz CT molecular complexity index is 679. The lowest BCUT2D eigenvalue weighted by atomic mass is 10.3. The highest BCUT2D eigenvalue weighted by Crippen LogP contribution is 2.25. The van der Waals surface area contributed by atoms with Gasteiger partial charge in [-0.2, -0.15) is 0 Å². The first-order valence-electron chi connectivity index (χ1n) is 6.05. The van der Waals surface area contributed by atoms with Gasteiger partial charge in [0, 0.05) is 0 Å². The van der Waals surface area contributed by atoms with Gasteiger partial charge in [-0.1, -0.05) is 18.2 Å². The number of amides is 1. The van der Waals surface area contributed by atoms with Crippen LogP contribution >= 0.6 is 0 Å². The summed E-state index contributed by atoms with van der Waals surface area (Å²) >= 11 is 0. The Labute approximate surface area is 124 Å². The highest BCUT2D eigenvalue weighted by atomic mass is 16.6. The van der Waals surface area contributed by atoms with Crippen LogP contribution in [0.5, 0.6) is 5.75 Å². The van der Waals surface area contributed by atoms with Crippen molar-refractivity contribution in [1.82, 2.24) is 15.4 Å². The minimum atomic E-state index is -0.746. The predicted molar refractivity (Wildman–Crippen MR) is 76.8 cm³/mol. The second-order valence-electron chi connectivity index (χ2n) is 3.99. The van der Waals surface area contributed by atoms with Crippen LogP contribution in [0.25, 0.3) is 0 Å². The van der Waals surface area contributed by atoms with Crippen molar-refractivity contribution in [3.63, 3.8) is 0 Å². The molecular formula is C12H12N6O4. The standard InChI is InChI=1S/C12H12N6O4/c13-11-10(18(20)21)12(15-7-14-11)17-16-9(19)6-22-8-4-2-1-3-5-8/h1-5,7H,6H2,(H,16,19)(H3,13,14,15,17). The van der Waals surface area contributed by atoms with E-state index in [4.69, 9.17) is 10.5 Å². The van der Waals surface area contributed by atoms with Crippen LogP contribution in [0.3, 0.4) is 0 Å². The number of ether oxygens (including phenoxy) is 1. The van der Waals surface area contributed by atoms with Crippen molar-refractivity contribution < 1.29 is 14.5 Å². The van der Waals surface area contributed by atoms with Gasteiger partial charge in [0.15, 0.2) is 6.61 Å². The van der Waals surface area contributed by atoms with E-state index in [-0.39, 0.29) is 18.2 Å². The lowest BCUT2D eigenvalue weighted by Gasteiger charge is -2.09. The highest BCUT2D eigenvalue weighted by molar-refractivity contribution is 5.79. The fourth-order valence-corrected chi connectivity index (χ4v) is 1.49. The number of hydrogen-bond donors (Lipinski definition) is 3. The van der Waals surface area contributed by atoms with Crippen LogP contribution in [0.2, 0.25) is 0 Å². The molecule has 2 aromatic rings. The van der Waals surface area contributed by atoms with Crippen molar-refractivity contribution in [2.45, 2.75) is 0 Å². The van der Waals surface area contributed by atoms with Crippen molar-refractivity contribution in [3.05, 3.63) is 46.8 Å². The summed E-state index contributed by atoms with van der Waals surface area (Å²) in [6.07, 6.45) is 1.04. The van der Waals surface area contributed by atoms with Crippen LogP contribution in [0.1, 0.15) is 0 Å². The highest BCUT2D eigenvalue weighted by Gasteiger charge is 2.21. The first kappa shape index (κ1) is 15.0. The van der Waals surface area contributed by atoms with E-state index in [0.29, 0.717) is 5.75 Å². The maximum atomic E-state index is 11.6. The quantitative estimate of drug-likeness (QED) is 0.516. The summed E-state index contributed by atoms with van der Waals surface area (Å²) in [7, 11) is 0. The van der Waals surface area contributed by atoms with Gasteiger partial charge in [0.1, 0.15) is 12.1 Å². The van der Waals surface area contributed by atoms with E-state index < -0.39 is 16.5 Å². The molecule has 2 rings (SSSR count). The molecule has 0 fully saturated rings. The van der Waals surface area contributed by atoms with E-state index in [1.165, 1.54) is 0 Å². The first-order chi connectivity index (χ1) is 10.6. The SMILES string of the molecule is Nc1ncnc(NNC(=O)COc2ccccc2)c1[N+](=O)[O-]. The van der Waals surface area contributed by atoms with Gasteiger partial charge in [0.05, 0.1) is 4.92 Å². The lowest BCUT2D eigenvalue weighted by molar-refractivity contribution is -0.383. The number of carbonyl (C=O) groups is 1. The third-order valence-electron chi connectivity index (χ3n) is 2.47. The number of benzene rings is 1. The number of hydrogen-bond acceptors (Lipinski definition) is 8. The summed E-state index contributed by atoms with van der Waals surface area (Å²) in [6.45, 7) is -0.272. The zero-order valence-corrected chi connectivity index (χ0v) is 11.2. The van der Waals surface area contributed by atoms with E-state index in [0.717, 1.165) is 6.33 Å². The normalized spacial score (nSPS) is 9.82. The maximum Gasteiger partial charge on any atom is 0.354 e. The zero-order chi connectivity index (χ0) is 15.9. The van der Waals surface area contributed by atoms with Gasteiger partial charge in [-0.15, -0.1) is 0 Å². The second kappa shape index (κ2) is 6.83. The summed E-state index contributed by atoms with van der Waals surface area (Å²) in [5.41, 5.74) is 9.42. The zero-order valence-electron chi connectivity index (χ0n) is 11.2. The molecule has 1 amide bonds. The van der Waals surface area contributed by atoms with Crippen LogP contribution in [0, 0.1) is 10.1 Å². The number of aromatic nitrogens is 2. The summed E-state index contributed by atoms with van der Waals surface area (Å²) in [5, 5.41) is 10.9. The summed E-state index contributed by atoms with van der Waals surface area (Å²) in [6, 6.07) is 8.72. The van der Waals surface area contributed by atoms with Crippen LogP contribution in [-0.4, -0.2) is 27.4 Å². The molecule has 0 aliphatic heterocycles. The van der Waals surface area contributed by atoms with Gasteiger partial charge in [-0.25, -0.2) is 9.97 Å². The number of hydrazine groups is 1. The summed E-state index contributed by atoms with van der Waals surface area (Å²) < 4.78 is 5.21. The minimum Gasteiger partial charge on any atom is -0.484 e. The number of nitro groups is 1. The van der Waals surface area contributed by atoms with E-state index in [1.54, 1.807) is 24.3 Å². The number of anilines is 2. The van der Waals surface area contributed by atoms with Gasteiger partial charge in [0.25, 0.3) is 5.91 Å². The van der Waals surface area contributed by atoms with Gasteiger partial charge in [-0.3, -0.25) is 25.8 Å². The van der Waals surface area contributed by atoms with E-state index in [1.807, 2.05) is 6.07 Å². The van der Waals surface area contributed by atoms with E-state index >= 15 is 0 Å². The Balaban J connectivity index is 1.92. The molecule has 1 aromatic carbocycles. The molecule has 0 saturated carbocycles. The number of nitrogens with zero attached hydrogens (tertiary/aromatic N) is 3. The average Bonchev–Trinajstić information content (AvgIpc) is 2.51. The van der Waals surface area contributed by atoms with Gasteiger partial charge in [-0.05, 0) is 12.1 Å². The van der Waals surface area contributed by atoms with Crippen LogP contribution in [0.4, 0.5) is 17.3 Å². The molecule has 0 unspecified atom stereocenters. The largest absolute Gasteiger partial charge is 0.484 e. The molecule has 1 heterocycles. The van der Waals surface area contributed by atoms with Crippen molar-refractivity contribution in [3.8, 4) is 5.75 Å². The van der Waals surface area contributed by atoms with Crippen LogP contribution in [-0.2, 0) is 4.79 Å². The van der Waals surface area contributed by atoms with Gasteiger partial charge >= 0.3 is 5.69 Å². The van der Waals surface area contributed by atoms with Crippen molar-refractivity contribution in [2.24, 2.45) is 0 Å². The Kier molecular flexibility index (Phi) is 4.65. The number of nitrogens with two attached hydrogens (primary N) is 1. The van der Waals surface area contributed by atoms with Gasteiger partial charge < -0.3 is 10.5 Å². The number of para-hydroxylation sites is 1. The topological polar surface area (TPSA) is 145 Å². The number of nitrogen functional groups attached to an aromatic ring is 1. The molecule has 0 aliphatic carbocycles. The Morgan fingerprint density at radius 2 is 2.05 bits per heavy atom. The molecule has 1 aromatic heterocycles. The number of carbonyl (C=O) groups excluding carboxylic acids is 1. The van der Waals surface area contributed by atoms with Gasteiger partial charge in [0.2, 0.25) is 11.6 Å². The predicted octanol–water partition coefficient (Wildman–Crippen LogP) is 0.489. The van der Waals surface area contributed by atoms with Crippen LogP contribution < -0.4 is 21.3 Å². The monoisotopic (exact) mass is 304 g/mol. The fraction of sp³-hybridized carbons (Fsp3) is 0.0833. The minimum absolute atomic E-state index is 0.217. The maximum absolute atomic E-state index is 11.6. The molecule has 0 atom stereocenters. The first-order valence-corrected chi connectivity index (χ1v) is 6.05.